The Morgan fingerprint density at radius 2 is 1.12 bits per heavy atom. The first-order valence-corrected chi connectivity index (χ1v) is 19.8. The zero-order valence-electron chi connectivity index (χ0n) is 33.9. The molecule has 4 N–H and O–H groups in total. The van der Waals surface area contributed by atoms with Crippen molar-refractivity contribution >= 4 is 30.0 Å². The van der Waals surface area contributed by atoms with Crippen LogP contribution in [0.3, 0.4) is 0 Å². The van der Waals surface area contributed by atoms with E-state index in [0.29, 0.717) is 0 Å². The molecule has 0 fully saturated rings. The summed E-state index contributed by atoms with van der Waals surface area (Å²) in [5, 5.41) is 18.0. The molecule has 0 aliphatic heterocycles. The summed E-state index contributed by atoms with van der Waals surface area (Å²) in [6.07, 6.45) is -3.93. The van der Waals surface area contributed by atoms with Crippen LogP contribution in [0.25, 0.3) is 11.1 Å². The van der Waals surface area contributed by atoms with E-state index in [-0.39, 0.29) is 25.4 Å². The first-order valence-electron chi connectivity index (χ1n) is 19.8. The monoisotopic (exact) mass is 811 g/mol. The molecule has 0 saturated heterocycles. The molecule has 0 radical (unpaired) electrons. The first kappa shape index (κ1) is 42.7. The Morgan fingerprint density at radius 1 is 0.650 bits per heavy atom. The minimum Gasteiger partial charge on any atom is -0.480 e. The standard InChI is InChI=1S/C48H49N3O9/c1-31(42(43(53)54)50-46(57)60-47(2,3)4)59-44(55)40(49-45(56)58-30-39-37-26-16-14-24-35(37)36-25-15-17-27-38(36)39)28-29-41(52)51-48(32-18-8-5-9-19-32,33-20-10-6-11-21-33)34-22-12-7-13-23-34/h5-27,31,39-40,42H,28-30H2,1-4H3,(H,49,56)(H,50,57)(H,51,52)(H,53,54). The molecular formula is C48H49N3O9. The zero-order valence-corrected chi connectivity index (χ0v) is 33.9. The first-order chi connectivity index (χ1) is 28.8. The van der Waals surface area contributed by atoms with Crippen molar-refractivity contribution in [2.75, 3.05) is 6.61 Å². The maximum Gasteiger partial charge on any atom is 0.408 e. The van der Waals surface area contributed by atoms with Crippen LogP contribution in [-0.2, 0) is 34.1 Å². The summed E-state index contributed by atoms with van der Waals surface area (Å²) < 4.78 is 16.5. The lowest BCUT2D eigenvalue weighted by Gasteiger charge is -2.37. The minimum atomic E-state index is -1.70. The molecule has 0 bridgehead atoms. The average Bonchev–Trinajstić information content (AvgIpc) is 3.56. The van der Waals surface area contributed by atoms with Crippen LogP contribution in [0.5, 0.6) is 0 Å². The van der Waals surface area contributed by atoms with Gasteiger partial charge in [-0.25, -0.2) is 19.2 Å². The Bertz CT molecular complexity index is 2150. The lowest BCUT2D eigenvalue weighted by Crippen LogP contribution is -2.52. The van der Waals surface area contributed by atoms with Crippen molar-refractivity contribution in [1.82, 2.24) is 16.0 Å². The lowest BCUT2D eigenvalue weighted by atomic mass is 9.77. The molecule has 1 aliphatic carbocycles. The number of benzene rings is 5. The second-order valence-corrected chi connectivity index (χ2v) is 15.6. The molecule has 5 aromatic carbocycles. The van der Waals surface area contributed by atoms with Gasteiger partial charge in [-0.3, -0.25) is 4.79 Å². The molecule has 12 nitrogen and oxygen atoms in total. The highest BCUT2D eigenvalue weighted by molar-refractivity contribution is 5.85. The molecule has 1 aliphatic rings. The van der Waals surface area contributed by atoms with Crippen LogP contribution in [0.1, 0.15) is 74.3 Å². The fourth-order valence-corrected chi connectivity index (χ4v) is 7.51. The Balaban J connectivity index is 1.24. The number of fused-ring (bicyclic) bond motifs is 3. The molecule has 0 spiro atoms. The Kier molecular flexibility index (Phi) is 13.3. The number of nitrogens with one attached hydrogen (secondary N) is 3. The van der Waals surface area contributed by atoms with Crippen LogP contribution >= 0.6 is 0 Å². The summed E-state index contributed by atoms with van der Waals surface area (Å²) in [6, 6.07) is 41.0. The van der Waals surface area contributed by atoms with Crippen LogP contribution < -0.4 is 16.0 Å². The van der Waals surface area contributed by atoms with Crippen LogP contribution in [0.4, 0.5) is 9.59 Å². The van der Waals surface area contributed by atoms with Gasteiger partial charge in [-0.05, 0) is 73.1 Å². The topological polar surface area (TPSA) is 169 Å². The largest absolute Gasteiger partial charge is 0.480 e. The summed E-state index contributed by atoms with van der Waals surface area (Å²) in [4.78, 5) is 66.5. The van der Waals surface area contributed by atoms with Crippen molar-refractivity contribution in [2.45, 2.75) is 75.8 Å². The van der Waals surface area contributed by atoms with Gasteiger partial charge in [-0.2, -0.15) is 0 Å². The average molecular weight is 812 g/mol. The lowest BCUT2D eigenvalue weighted by molar-refractivity contribution is -0.156. The van der Waals surface area contributed by atoms with E-state index in [2.05, 4.69) is 16.0 Å². The van der Waals surface area contributed by atoms with E-state index in [1.54, 1.807) is 20.8 Å². The van der Waals surface area contributed by atoms with E-state index in [0.717, 1.165) is 38.9 Å². The number of aliphatic carboxylic acids is 1. The van der Waals surface area contributed by atoms with Gasteiger partial charge in [0.05, 0.1) is 0 Å². The molecule has 12 heteroatoms. The fraction of sp³-hybridized carbons (Fsp3) is 0.271. The molecule has 3 atom stereocenters. The van der Waals surface area contributed by atoms with E-state index in [1.165, 1.54) is 6.92 Å². The normalized spacial score (nSPS) is 13.7. The van der Waals surface area contributed by atoms with Gasteiger partial charge in [0.2, 0.25) is 5.91 Å². The van der Waals surface area contributed by atoms with Crippen LogP contribution in [0.15, 0.2) is 140 Å². The molecular weight excluding hydrogens is 763 g/mol. The van der Waals surface area contributed by atoms with E-state index >= 15 is 0 Å². The van der Waals surface area contributed by atoms with Crippen molar-refractivity contribution in [2.24, 2.45) is 0 Å². The minimum absolute atomic E-state index is 0.0485. The van der Waals surface area contributed by atoms with Gasteiger partial charge in [0.25, 0.3) is 0 Å². The summed E-state index contributed by atoms with van der Waals surface area (Å²) in [7, 11) is 0. The van der Waals surface area contributed by atoms with E-state index in [1.807, 2.05) is 140 Å². The van der Waals surface area contributed by atoms with Crippen LogP contribution in [0.2, 0.25) is 0 Å². The molecule has 60 heavy (non-hydrogen) atoms. The molecule has 0 aromatic heterocycles. The van der Waals surface area contributed by atoms with Crippen LogP contribution in [-0.4, -0.2) is 65.5 Å². The maximum atomic E-state index is 14.2. The fourth-order valence-electron chi connectivity index (χ4n) is 7.51. The van der Waals surface area contributed by atoms with Gasteiger partial charge in [0, 0.05) is 12.3 Å². The second kappa shape index (κ2) is 18.8. The molecule has 5 aromatic rings. The third kappa shape index (κ3) is 10.0. The SMILES string of the molecule is CC(OC(=O)C(CCC(=O)NC(c1ccccc1)(c1ccccc1)c1ccccc1)NC(=O)OCC1c2ccccc2-c2ccccc21)C(NC(=O)OC(C)(C)C)C(=O)O. The predicted octanol–water partition coefficient (Wildman–Crippen LogP) is 7.69. The summed E-state index contributed by atoms with van der Waals surface area (Å²) in [5.74, 6) is -3.25. The van der Waals surface area contributed by atoms with Gasteiger partial charge in [0.15, 0.2) is 6.04 Å². The van der Waals surface area contributed by atoms with Crippen molar-refractivity contribution in [3.63, 3.8) is 0 Å². The molecule has 3 amide bonds. The smallest absolute Gasteiger partial charge is 0.408 e. The highest BCUT2D eigenvalue weighted by Crippen LogP contribution is 2.44. The number of alkyl carbamates (subject to hydrolysis) is 2. The summed E-state index contributed by atoms with van der Waals surface area (Å²) in [5.41, 5.74) is 4.34. The van der Waals surface area contributed by atoms with Gasteiger partial charge in [-0.15, -0.1) is 0 Å². The number of carboxylic acid groups (broad SMARTS) is 1. The second-order valence-electron chi connectivity index (χ2n) is 15.6. The third-order valence-corrected chi connectivity index (χ3v) is 10.2. The third-order valence-electron chi connectivity index (χ3n) is 10.2. The predicted molar refractivity (Wildman–Crippen MR) is 225 cm³/mol. The number of carbonyl (C=O) groups is 5. The Hall–Kier alpha value is -6.95. The van der Waals surface area contributed by atoms with Crippen molar-refractivity contribution in [3.05, 3.63) is 167 Å². The molecule has 0 heterocycles. The summed E-state index contributed by atoms with van der Waals surface area (Å²) in [6.45, 7) is 6.09. The number of esters is 1. The quantitative estimate of drug-likeness (QED) is 0.0471. The number of carboxylic acids is 1. The molecule has 0 saturated carbocycles. The van der Waals surface area contributed by atoms with E-state index in [9.17, 15) is 29.1 Å². The number of hydrogen-bond acceptors (Lipinski definition) is 8. The Labute approximate surface area is 349 Å². The maximum absolute atomic E-state index is 14.2. The van der Waals surface area contributed by atoms with Gasteiger partial charge >= 0.3 is 24.1 Å². The molecule has 3 unspecified atom stereocenters. The van der Waals surface area contributed by atoms with Crippen molar-refractivity contribution in [3.8, 4) is 11.1 Å². The molecule has 310 valence electrons. The molecule has 6 rings (SSSR count). The van der Waals surface area contributed by atoms with Crippen LogP contribution in [0, 0.1) is 0 Å². The van der Waals surface area contributed by atoms with E-state index in [4.69, 9.17) is 14.2 Å². The Morgan fingerprint density at radius 3 is 1.58 bits per heavy atom. The zero-order chi connectivity index (χ0) is 42.9. The number of amides is 3. The number of hydrogen-bond donors (Lipinski definition) is 4. The van der Waals surface area contributed by atoms with Gasteiger partial charge < -0.3 is 35.3 Å². The van der Waals surface area contributed by atoms with Crippen molar-refractivity contribution < 1.29 is 43.3 Å². The van der Waals surface area contributed by atoms with Gasteiger partial charge in [-0.1, -0.05) is 140 Å². The van der Waals surface area contributed by atoms with Crippen molar-refractivity contribution in [1.29, 1.82) is 0 Å². The van der Waals surface area contributed by atoms with Gasteiger partial charge in [0.1, 0.15) is 29.9 Å². The highest BCUT2D eigenvalue weighted by Gasteiger charge is 2.39. The highest BCUT2D eigenvalue weighted by atomic mass is 16.6. The summed E-state index contributed by atoms with van der Waals surface area (Å²) >= 11 is 0. The number of ether oxygens (including phenoxy) is 3. The van der Waals surface area contributed by atoms with E-state index < -0.39 is 59.4 Å². The number of carbonyl (C=O) groups excluding carboxylic acids is 4. The number of rotatable bonds is 15.